The van der Waals surface area contributed by atoms with Crippen LogP contribution in [0.1, 0.15) is 5.56 Å². The van der Waals surface area contributed by atoms with Gasteiger partial charge in [0.25, 0.3) is 0 Å². The maximum atomic E-state index is 13.0. The second kappa shape index (κ2) is 6.08. The van der Waals surface area contributed by atoms with Crippen LogP contribution in [0.3, 0.4) is 0 Å². The minimum Gasteiger partial charge on any atom is -0.505 e. The van der Waals surface area contributed by atoms with Gasteiger partial charge in [-0.25, -0.2) is 4.39 Å². The molecule has 19 heavy (non-hydrogen) atoms. The zero-order valence-corrected chi connectivity index (χ0v) is 11.7. The van der Waals surface area contributed by atoms with Crippen LogP contribution in [0, 0.1) is 5.82 Å². The predicted molar refractivity (Wildman–Crippen MR) is 76.0 cm³/mol. The summed E-state index contributed by atoms with van der Waals surface area (Å²) in [4.78, 5) is 4.04. The average molecular weight is 277 g/mol. The molecule has 0 unspecified atom stereocenters. The number of aromatic hydroxyl groups is 1. The highest BCUT2D eigenvalue weighted by Crippen LogP contribution is 2.33. The van der Waals surface area contributed by atoms with Crippen molar-refractivity contribution in [2.45, 2.75) is 16.3 Å². The first-order valence-electron chi connectivity index (χ1n) is 5.95. The largest absolute Gasteiger partial charge is 0.505 e. The summed E-state index contributed by atoms with van der Waals surface area (Å²) >= 11 is 1.53. The van der Waals surface area contributed by atoms with Crippen LogP contribution in [0.2, 0.25) is 0 Å². The normalized spacial score (nSPS) is 10.9. The van der Waals surface area contributed by atoms with Gasteiger partial charge < -0.3 is 10.0 Å². The highest BCUT2D eigenvalue weighted by atomic mass is 32.2. The van der Waals surface area contributed by atoms with E-state index in [4.69, 9.17) is 0 Å². The number of hydrogen-bond donors (Lipinski definition) is 1. The van der Waals surface area contributed by atoms with Gasteiger partial charge in [0.15, 0.2) is 11.6 Å². The number of halogens is 1. The quantitative estimate of drug-likeness (QED) is 0.921. The van der Waals surface area contributed by atoms with Crippen LogP contribution in [-0.2, 0) is 6.54 Å². The van der Waals surface area contributed by atoms with E-state index in [9.17, 15) is 9.50 Å². The van der Waals surface area contributed by atoms with Gasteiger partial charge in [-0.15, -0.1) is 0 Å². The van der Waals surface area contributed by atoms with Crippen molar-refractivity contribution in [3.05, 3.63) is 53.8 Å². The van der Waals surface area contributed by atoms with Gasteiger partial charge in [0.1, 0.15) is 0 Å². The molecule has 0 aliphatic rings. The summed E-state index contributed by atoms with van der Waals surface area (Å²) in [7, 11) is 4.04. The van der Waals surface area contributed by atoms with E-state index >= 15 is 0 Å². The highest BCUT2D eigenvalue weighted by molar-refractivity contribution is 7.99. The number of phenols is 1. The topological polar surface area (TPSA) is 23.5 Å². The van der Waals surface area contributed by atoms with Gasteiger partial charge in [0.05, 0.1) is 0 Å². The van der Waals surface area contributed by atoms with Crippen molar-refractivity contribution in [2.75, 3.05) is 14.1 Å². The fourth-order valence-corrected chi connectivity index (χ4v) is 2.73. The van der Waals surface area contributed by atoms with Crippen molar-refractivity contribution < 1.29 is 9.50 Å². The van der Waals surface area contributed by atoms with Gasteiger partial charge >= 0.3 is 0 Å². The predicted octanol–water partition coefficient (Wildman–Crippen LogP) is 3.74. The van der Waals surface area contributed by atoms with Gasteiger partial charge in [-0.2, -0.15) is 0 Å². The molecule has 0 amide bonds. The van der Waals surface area contributed by atoms with Crippen LogP contribution in [0.4, 0.5) is 4.39 Å². The molecule has 100 valence electrons. The van der Waals surface area contributed by atoms with Gasteiger partial charge in [-0.1, -0.05) is 30.0 Å². The summed E-state index contributed by atoms with van der Waals surface area (Å²) in [5, 5.41) is 9.40. The Balaban J connectivity index is 2.25. The highest BCUT2D eigenvalue weighted by Gasteiger charge is 2.07. The van der Waals surface area contributed by atoms with E-state index in [-0.39, 0.29) is 5.75 Å². The molecular formula is C15H16FNOS. The van der Waals surface area contributed by atoms with E-state index in [1.54, 1.807) is 6.07 Å². The molecule has 0 saturated heterocycles. The summed E-state index contributed by atoms with van der Waals surface area (Å²) in [6.07, 6.45) is 0. The molecule has 0 aliphatic heterocycles. The van der Waals surface area contributed by atoms with Gasteiger partial charge in [0, 0.05) is 16.3 Å². The van der Waals surface area contributed by atoms with E-state index in [1.165, 1.54) is 29.5 Å². The van der Waals surface area contributed by atoms with Crippen molar-refractivity contribution in [1.29, 1.82) is 0 Å². The summed E-state index contributed by atoms with van der Waals surface area (Å²) < 4.78 is 13.0. The lowest BCUT2D eigenvalue weighted by Gasteiger charge is -2.13. The summed E-state index contributed by atoms with van der Waals surface area (Å²) in [5.41, 5.74) is 1.21. The molecule has 0 saturated carbocycles. The Kier molecular flexibility index (Phi) is 4.45. The first-order chi connectivity index (χ1) is 9.06. The Labute approximate surface area is 116 Å². The second-order valence-electron chi connectivity index (χ2n) is 4.56. The van der Waals surface area contributed by atoms with Crippen LogP contribution >= 0.6 is 11.8 Å². The molecule has 2 aromatic rings. The van der Waals surface area contributed by atoms with E-state index in [0.717, 1.165) is 16.3 Å². The Hall–Kier alpha value is -1.52. The van der Waals surface area contributed by atoms with Crippen LogP contribution in [-0.4, -0.2) is 24.1 Å². The fourth-order valence-electron chi connectivity index (χ4n) is 1.76. The van der Waals surface area contributed by atoms with Gasteiger partial charge in [-0.3, -0.25) is 0 Å². The van der Waals surface area contributed by atoms with Crippen LogP contribution in [0.15, 0.2) is 52.3 Å². The Morgan fingerprint density at radius 3 is 2.58 bits per heavy atom. The number of rotatable bonds is 4. The summed E-state index contributed by atoms with van der Waals surface area (Å²) in [6, 6.07) is 12.5. The van der Waals surface area contributed by atoms with Gasteiger partial charge in [-0.05, 0) is 43.9 Å². The van der Waals surface area contributed by atoms with E-state index in [1.807, 2.05) is 32.3 Å². The van der Waals surface area contributed by atoms with E-state index < -0.39 is 5.82 Å². The lowest BCUT2D eigenvalue weighted by Crippen LogP contribution is -2.11. The zero-order valence-electron chi connectivity index (χ0n) is 10.9. The Bertz CT molecular complexity index is 572. The van der Waals surface area contributed by atoms with Crippen LogP contribution in [0.25, 0.3) is 0 Å². The average Bonchev–Trinajstić information content (AvgIpc) is 2.36. The summed E-state index contributed by atoms with van der Waals surface area (Å²) in [5.74, 6) is -0.902. The minimum absolute atomic E-state index is 0.310. The van der Waals surface area contributed by atoms with Crippen LogP contribution in [0.5, 0.6) is 5.75 Å². The molecule has 0 bridgehead atoms. The number of benzene rings is 2. The molecule has 4 heteroatoms. The number of hydrogen-bond acceptors (Lipinski definition) is 3. The molecule has 2 rings (SSSR count). The Morgan fingerprint density at radius 1 is 1.16 bits per heavy atom. The monoisotopic (exact) mass is 277 g/mol. The molecule has 2 aromatic carbocycles. The fraction of sp³-hybridized carbons (Fsp3) is 0.200. The SMILES string of the molecule is CN(C)Cc1ccccc1Sc1ccc(F)c(O)c1. The smallest absolute Gasteiger partial charge is 0.164 e. The molecule has 0 aromatic heterocycles. The first kappa shape index (κ1) is 13.9. The van der Waals surface area contributed by atoms with Crippen molar-refractivity contribution in [2.24, 2.45) is 0 Å². The molecule has 0 radical (unpaired) electrons. The minimum atomic E-state index is -0.592. The molecular weight excluding hydrogens is 261 g/mol. The second-order valence-corrected chi connectivity index (χ2v) is 5.68. The molecule has 0 aliphatic carbocycles. The van der Waals surface area contributed by atoms with E-state index in [2.05, 4.69) is 11.0 Å². The first-order valence-corrected chi connectivity index (χ1v) is 6.77. The summed E-state index contributed by atoms with van der Waals surface area (Å²) in [6.45, 7) is 0.844. The van der Waals surface area contributed by atoms with Crippen molar-refractivity contribution >= 4 is 11.8 Å². The third kappa shape index (κ3) is 3.72. The van der Waals surface area contributed by atoms with Crippen molar-refractivity contribution in [1.82, 2.24) is 4.90 Å². The number of phenolic OH excluding ortho intramolecular Hbond substituents is 1. The molecule has 1 N–H and O–H groups in total. The lowest BCUT2D eigenvalue weighted by molar-refractivity contribution is 0.399. The standard InChI is InChI=1S/C15H16FNOS/c1-17(2)10-11-5-3-4-6-15(11)19-12-7-8-13(16)14(18)9-12/h3-9,18H,10H2,1-2H3. The zero-order chi connectivity index (χ0) is 13.8. The van der Waals surface area contributed by atoms with Crippen molar-refractivity contribution in [3.63, 3.8) is 0 Å². The van der Waals surface area contributed by atoms with Gasteiger partial charge in [0.2, 0.25) is 0 Å². The Morgan fingerprint density at radius 2 is 1.89 bits per heavy atom. The molecule has 0 atom stereocenters. The maximum absolute atomic E-state index is 13.0. The molecule has 2 nitrogen and oxygen atoms in total. The molecule has 0 spiro atoms. The van der Waals surface area contributed by atoms with Crippen molar-refractivity contribution in [3.8, 4) is 5.75 Å². The third-order valence-electron chi connectivity index (χ3n) is 2.60. The van der Waals surface area contributed by atoms with Crippen LogP contribution < -0.4 is 0 Å². The molecule has 0 heterocycles. The molecule has 0 fully saturated rings. The lowest BCUT2D eigenvalue weighted by atomic mass is 10.2. The number of nitrogens with zero attached hydrogens (tertiary/aromatic N) is 1. The van der Waals surface area contributed by atoms with E-state index in [0.29, 0.717) is 0 Å². The maximum Gasteiger partial charge on any atom is 0.164 e. The third-order valence-corrected chi connectivity index (χ3v) is 3.71.